The summed E-state index contributed by atoms with van der Waals surface area (Å²) in [5.41, 5.74) is 1.87. The van der Waals surface area contributed by atoms with E-state index in [-0.39, 0.29) is 30.0 Å². The van der Waals surface area contributed by atoms with Crippen molar-refractivity contribution in [3.8, 4) is 0 Å². The number of rotatable bonds is 5. The van der Waals surface area contributed by atoms with Gasteiger partial charge in [0.25, 0.3) is 0 Å². The van der Waals surface area contributed by atoms with Gasteiger partial charge in [-0.2, -0.15) is 0 Å². The van der Waals surface area contributed by atoms with Gasteiger partial charge in [-0.1, -0.05) is 32.0 Å². The molecule has 6 heteroatoms. The molecule has 0 bridgehead atoms. The van der Waals surface area contributed by atoms with E-state index in [1.165, 1.54) is 0 Å². The molecule has 1 atom stereocenters. The smallest absolute Gasteiger partial charge is 0.315 e. The van der Waals surface area contributed by atoms with E-state index in [9.17, 15) is 9.59 Å². The predicted octanol–water partition coefficient (Wildman–Crippen LogP) is 4.38. The van der Waals surface area contributed by atoms with Gasteiger partial charge in [-0.25, -0.2) is 4.79 Å². The third-order valence-corrected chi connectivity index (χ3v) is 5.53. The highest BCUT2D eigenvalue weighted by molar-refractivity contribution is 5.82. The van der Waals surface area contributed by atoms with Crippen LogP contribution < -0.4 is 10.6 Å². The number of fused-ring (bicyclic) bond motifs is 1. The van der Waals surface area contributed by atoms with Crippen LogP contribution in [0.25, 0.3) is 11.0 Å². The minimum absolute atomic E-state index is 0.0187. The average Bonchev–Trinajstić information content (AvgIpc) is 2.97. The first-order valence-corrected chi connectivity index (χ1v) is 9.64. The number of amides is 2. The Labute approximate surface area is 159 Å². The van der Waals surface area contributed by atoms with Crippen LogP contribution in [0.3, 0.4) is 0 Å². The van der Waals surface area contributed by atoms with Crippen LogP contribution in [0.5, 0.6) is 0 Å². The molecule has 3 rings (SSSR count). The first-order chi connectivity index (χ1) is 12.9. The Morgan fingerprint density at radius 3 is 2.41 bits per heavy atom. The molecule has 1 heterocycles. The van der Waals surface area contributed by atoms with Crippen molar-refractivity contribution < 1.29 is 19.1 Å². The summed E-state index contributed by atoms with van der Waals surface area (Å²) in [6, 6.07) is 7.44. The molecule has 2 aromatic rings. The third-order valence-electron chi connectivity index (χ3n) is 5.53. The number of hydrogen-bond acceptors (Lipinski definition) is 3. The quantitative estimate of drug-likeness (QED) is 0.726. The molecule has 1 aromatic carbocycles. The van der Waals surface area contributed by atoms with Crippen LogP contribution in [0.15, 0.2) is 28.7 Å². The van der Waals surface area contributed by atoms with Gasteiger partial charge in [0.05, 0.1) is 12.0 Å². The maximum Gasteiger partial charge on any atom is 0.315 e. The number of carboxylic acids is 1. The number of carbonyl (C=O) groups is 2. The maximum absolute atomic E-state index is 12.6. The van der Waals surface area contributed by atoms with Crippen molar-refractivity contribution in [2.24, 2.45) is 11.8 Å². The number of nitrogens with one attached hydrogen (secondary N) is 2. The first-order valence-electron chi connectivity index (χ1n) is 9.64. The van der Waals surface area contributed by atoms with Crippen molar-refractivity contribution in [3.05, 3.63) is 35.6 Å². The highest BCUT2D eigenvalue weighted by Gasteiger charge is 2.29. The van der Waals surface area contributed by atoms with Crippen LogP contribution in [0.1, 0.15) is 56.9 Å². The maximum atomic E-state index is 12.6. The largest absolute Gasteiger partial charge is 0.481 e. The van der Waals surface area contributed by atoms with E-state index in [2.05, 4.69) is 24.5 Å². The third kappa shape index (κ3) is 4.26. The number of furan rings is 1. The topological polar surface area (TPSA) is 91.6 Å². The molecule has 1 aromatic heterocycles. The lowest BCUT2D eigenvalue weighted by Gasteiger charge is -2.28. The van der Waals surface area contributed by atoms with Crippen LogP contribution in [-0.4, -0.2) is 23.1 Å². The van der Waals surface area contributed by atoms with Crippen LogP contribution in [0.2, 0.25) is 0 Å². The number of benzene rings is 1. The number of carboxylic acid groups (broad SMARTS) is 1. The zero-order valence-electron chi connectivity index (χ0n) is 16.1. The van der Waals surface area contributed by atoms with Gasteiger partial charge in [0, 0.05) is 17.0 Å². The lowest BCUT2D eigenvalue weighted by molar-refractivity contribution is -0.142. The molecule has 27 heavy (non-hydrogen) atoms. The van der Waals surface area contributed by atoms with Crippen molar-refractivity contribution in [1.29, 1.82) is 0 Å². The highest BCUT2D eigenvalue weighted by atomic mass is 16.4. The van der Waals surface area contributed by atoms with Crippen molar-refractivity contribution >= 4 is 23.0 Å². The van der Waals surface area contributed by atoms with E-state index < -0.39 is 5.97 Å². The van der Waals surface area contributed by atoms with Gasteiger partial charge in [-0.05, 0) is 44.6 Å². The fourth-order valence-corrected chi connectivity index (χ4v) is 3.88. The van der Waals surface area contributed by atoms with Crippen LogP contribution in [0, 0.1) is 18.8 Å². The molecule has 0 saturated heterocycles. The molecule has 0 radical (unpaired) electrons. The van der Waals surface area contributed by atoms with Gasteiger partial charge in [-0.15, -0.1) is 0 Å². The molecule has 2 amide bonds. The Hall–Kier alpha value is -2.50. The van der Waals surface area contributed by atoms with E-state index >= 15 is 0 Å². The second kappa shape index (κ2) is 8.03. The monoisotopic (exact) mass is 372 g/mol. The van der Waals surface area contributed by atoms with Gasteiger partial charge in [0.15, 0.2) is 0 Å². The Morgan fingerprint density at radius 2 is 1.81 bits per heavy atom. The number of hydrogen-bond donors (Lipinski definition) is 3. The van der Waals surface area contributed by atoms with E-state index in [4.69, 9.17) is 9.52 Å². The van der Waals surface area contributed by atoms with Gasteiger partial charge in [0.1, 0.15) is 11.3 Å². The standard InChI is InChI=1S/C21H28N2O4/c1-12(2)18(19-13(3)16-6-4-5-7-17(16)27-19)23-21(26)22-15-10-8-14(9-11-15)20(24)25/h4-7,12,14-15,18H,8-11H2,1-3H3,(H,24,25)(H2,22,23,26). The zero-order chi connectivity index (χ0) is 19.6. The SMILES string of the molecule is Cc1c(C(NC(=O)NC2CCC(C(=O)O)CC2)C(C)C)oc2ccccc12. The number of urea groups is 1. The van der Waals surface area contributed by atoms with Crippen molar-refractivity contribution in [3.63, 3.8) is 0 Å². The molecule has 1 aliphatic carbocycles. The lowest BCUT2D eigenvalue weighted by atomic mass is 9.86. The lowest BCUT2D eigenvalue weighted by Crippen LogP contribution is -2.46. The molecule has 3 N–H and O–H groups in total. The molecule has 6 nitrogen and oxygen atoms in total. The number of aryl methyl sites for hydroxylation is 1. The van der Waals surface area contributed by atoms with Crippen molar-refractivity contribution in [2.75, 3.05) is 0 Å². The minimum Gasteiger partial charge on any atom is -0.481 e. The molecular formula is C21H28N2O4. The van der Waals surface area contributed by atoms with Crippen LogP contribution in [-0.2, 0) is 4.79 Å². The van der Waals surface area contributed by atoms with Gasteiger partial charge in [0.2, 0.25) is 0 Å². The molecule has 1 unspecified atom stereocenters. The molecule has 1 aliphatic rings. The number of para-hydroxylation sites is 1. The number of carbonyl (C=O) groups excluding carboxylic acids is 1. The van der Waals surface area contributed by atoms with Gasteiger partial charge in [-0.3, -0.25) is 4.79 Å². The second-order valence-electron chi connectivity index (χ2n) is 7.81. The summed E-state index contributed by atoms with van der Waals surface area (Å²) in [5.74, 6) is -0.0699. The summed E-state index contributed by atoms with van der Waals surface area (Å²) in [6.45, 7) is 6.12. The fourth-order valence-electron chi connectivity index (χ4n) is 3.88. The van der Waals surface area contributed by atoms with Crippen molar-refractivity contribution in [2.45, 2.75) is 58.5 Å². The Morgan fingerprint density at radius 1 is 1.15 bits per heavy atom. The highest BCUT2D eigenvalue weighted by Crippen LogP contribution is 2.32. The summed E-state index contributed by atoms with van der Waals surface area (Å²) in [4.78, 5) is 23.6. The van der Waals surface area contributed by atoms with Gasteiger partial charge >= 0.3 is 12.0 Å². The normalized spacial score (nSPS) is 21.2. The molecular weight excluding hydrogens is 344 g/mol. The van der Waals surface area contributed by atoms with E-state index in [0.717, 1.165) is 22.3 Å². The average molecular weight is 372 g/mol. The molecule has 1 saturated carbocycles. The minimum atomic E-state index is -0.738. The summed E-state index contributed by atoms with van der Waals surface area (Å²) in [5, 5.41) is 16.2. The van der Waals surface area contributed by atoms with E-state index in [1.54, 1.807) is 0 Å². The van der Waals surface area contributed by atoms with E-state index in [1.807, 2.05) is 31.2 Å². The summed E-state index contributed by atoms with van der Waals surface area (Å²) >= 11 is 0. The van der Waals surface area contributed by atoms with E-state index in [0.29, 0.717) is 25.7 Å². The first kappa shape index (κ1) is 19.3. The Balaban J connectivity index is 1.67. The number of aliphatic carboxylic acids is 1. The van der Waals surface area contributed by atoms with Crippen LogP contribution in [0.4, 0.5) is 4.79 Å². The molecule has 1 fully saturated rings. The summed E-state index contributed by atoms with van der Waals surface area (Å²) < 4.78 is 6.05. The van der Waals surface area contributed by atoms with Crippen LogP contribution >= 0.6 is 0 Å². The summed E-state index contributed by atoms with van der Waals surface area (Å²) in [6.07, 6.45) is 2.61. The molecule has 0 spiro atoms. The van der Waals surface area contributed by atoms with Gasteiger partial charge < -0.3 is 20.2 Å². The Bertz CT molecular complexity index is 819. The molecule has 146 valence electrons. The fraction of sp³-hybridized carbons (Fsp3) is 0.524. The Kier molecular flexibility index (Phi) is 5.73. The zero-order valence-corrected chi connectivity index (χ0v) is 16.1. The summed E-state index contributed by atoms with van der Waals surface area (Å²) in [7, 11) is 0. The van der Waals surface area contributed by atoms with Crippen molar-refractivity contribution in [1.82, 2.24) is 10.6 Å². The molecule has 0 aliphatic heterocycles. The predicted molar refractivity (Wildman–Crippen MR) is 104 cm³/mol. The second-order valence-corrected chi connectivity index (χ2v) is 7.81.